The molecule has 0 saturated heterocycles. The molecule has 0 fully saturated rings. The number of hydrogen-bond acceptors (Lipinski definition) is 5. The maximum absolute atomic E-state index is 13.1. The van der Waals surface area contributed by atoms with E-state index in [0.717, 1.165) is 0 Å². The number of carbonyl (C=O) groups excluding carboxylic acids is 1. The van der Waals surface area contributed by atoms with Gasteiger partial charge < -0.3 is 14.5 Å². The number of benzene rings is 2. The van der Waals surface area contributed by atoms with Crippen LogP contribution in [0, 0.1) is 0 Å². The van der Waals surface area contributed by atoms with Gasteiger partial charge in [-0.25, -0.2) is 8.42 Å². The molecule has 9 heteroatoms. The summed E-state index contributed by atoms with van der Waals surface area (Å²) in [5, 5.41) is 3.18. The largest absolute Gasteiger partial charge is 0.497 e. The normalized spacial score (nSPS) is 11.4. The van der Waals surface area contributed by atoms with Crippen molar-refractivity contribution >= 4 is 33.2 Å². The number of hydrogen-bond donors (Lipinski definition) is 1. The molecule has 0 aliphatic rings. The second-order valence-electron chi connectivity index (χ2n) is 6.40. The predicted octanol–water partition coefficient (Wildman–Crippen LogP) is 4.16. The van der Waals surface area contributed by atoms with Crippen LogP contribution < -0.4 is 10.1 Å². The number of nitrogens with one attached hydrogen (secondary N) is 1. The van der Waals surface area contributed by atoms with Crippen LogP contribution >= 0.6 is 11.6 Å². The minimum Gasteiger partial charge on any atom is -0.497 e. The Bertz CT molecular complexity index is 1070. The molecule has 0 saturated carbocycles. The molecule has 0 atom stereocenters. The van der Waals surface area contributed by atoms with Gasteiger partial charge >= 0.3 is 0 Å². The average Bonchev–Trinajstić information content (AvgIpc) is 3.25. The fourth-order valence-electron chi connectivity index (χ4n) is 2.74. The van der Waals surface area contributed by atoms with Crippen LogP contribution in [0.2, 0.25) is 5.02 Å². The van der Waals surface area contributed by atoms with Crippen LogP contribution in [-0.2, 0) is 21.4 Å². The molecule has 1 amide bonds. The zero-order valence-corrected chi connectivity index (χ0v) is 17.8. The quantitative estimate of drug-likeness (QED) is 0.531. The molecule has 0 bridgehead atoms. The van der Waals surface area contributed by atoms with Gasteiger partial charge in [-0.2, -0.15) is 4.31 Å². The summed E-state index contributed by atoms with van der Waals surface area (Å²) >= 11 is 5.87. The summed E-state index contributed by atoms with van der Waals surface area (Å²) in [5.41, 5.74) is 0.596. The third-order valence-corrected chi connectivity index (χ3v) is 6.44. The monoisotopic (exact) mass is 448 g/mol. The van der Waals surface area contributed by atoms with E-state index in [0.29, 0.717) is 22.2 Å². The third-order valence-electron chi connectivity index (χ3n) is 4.33. The van der Waals surface area contributed by atoms with Gasteiger partial charge in [-0.1, -0.05) is 11.6 Å². The standard InChI is InChI=1S/C21H21ClN2O5S/c1-28-18-8-6-17(7-9-18)23-21(25)12-13-24(15-19-3-2-14-29-19)30(26,27)20-10-4-16(22)5-11-20/h2-11,14H,12-13,15H2,1H3,(H,23,25). The Morgan fingerprint density at radius 3 is 2.40 bits per heavy atom. The molecule has 158 valence electrons. The summed E-state index contributed by atoms with van der Waals surface area (Å²) in [7, 11) is -2.30. The highest BCUT2D eigenvalue weighted by atomic mass is 35.5. The molecule has 0 unspecified atom stereocenters. The van der Waals surface area contributed by atoms with Crippen LogP contribution in [0.25, 0.3) is 0 Å². The van der Waals surface area contributed by atoms with E-state index in [1.165, 1.54) is 34.8 Å². The van der Waals surface area contributed by atoms with Crippen molar-refractivity contribution in [3.05, 3.63) is 77.7 Å². The lowest BCUT2D eigenvalue weighted by Gasteiger charge is -2.21. The molecule has 2 aromatic carbocycles. The number of ether oxygens (including phenoxy) is 1. The van der Waals surface area contributed by atoms with Gasteiger partial charge in [-0.3, -0.25) is 4.79 Å². The number of methoxy groups -OCH3 is 1. The fraction of sp³-hybridized carbons (Fsp3) is 0.190. The van der Waals surface area contributed by atoms with Gasteiger partial charge in [-0.15, -0.1) is 0 Å². The molecular weight excluding hydrogens is 428 g/mol. The molecule has 1 N–H and O–H groups in total. The van der Waals surface area contributed by atoms with E-state index >= 15 is 0 Å². The van der Waals surface area contributed by atoms with E-state index in [-0.39, 0.29) is 30.3 Å². The summed E-state index contributed by atoms with van der Waals surface area (Å²) in [5.74, 6) is 0.839. The number of amides is 1. The van der Waals surface area contributed by atoms with Crippen molar-refractivity contribution in [3.8, 4) is 5.75 Å². The number of rotatable bonds is 9. The Kier molecular flexibility index (Phi) is 7.15. The van der Waals surface area contributed by atoms with E-state index in [2.05, 4.69) is 5.32 Å². The number of halogens is 1. The summed E-state index contributed by atoms with van der Waals surface area (Å²) in [6, 6.07) is 16.1. The van der Waals surface area contributed by atoms with Crippen molar-refractivity contribution in [3.63, 3.8) is 0 Å². The number of nitrogens with zero attached hydrogens (tertiary/aromatic N) is 1. The summed E-state index contributed by atoms with van der Waals surface area (Å²) in [6.07, 6.45) is 1.44. The van der Waals surface area contributed by atoms with Crippen LogP contribution in [0.5, 0.6) is 5.75 Å². The van der Waals surface area contributed by atoms with Crippen molar-refractivity contribution in [2.24, 2.45) is 0 Å². The number of carbonyl (C=O) groups is 1. The van der Waals surface area contributed by atoms with Crippen molar-refractivity contribution in [1.82, 2.24) is 4.31 Å². The van der Waals surface area contributed by atoms with Crippen LogP contribution in [0.1, 0.15) is 12.2 Å². The predicted molar refractivity (Wildman–Crippen MR) is 114 cm³/mol. The molecular formula is C21H21ClN2O5S. The van der Waals surface area contributed by atoms with Gasteiger partial charge in [0.25, 0.3) is 0 Å². The van der Waals surface area contributed by atoms with Crippen LogP contribution in [0.15, 0.2) is 76.2 Å². The Morgan fingerprint density at radius 1 is 1.10 bits per heavy atom. The highest BCUT2D eigenvalue weighted by molar-refractivity contribution is 7.89. The zero-order chi connectivity index (χ0) is 21.6. The van der Waals surface area contributed by atoms with Gasteiger partial charge in [0.05, 0.1) is 24.8 Å². The first-order valence-electron chi connectivity index (χ1n) is 9.10. The van der Waals surface area contributed by atoms with Crippen LogP contribution in [0.4, 0.5) is 5.69 Å². The van der Waals surface area contributed by atoms with E-state index in [1.54, 1.807) is 43.5 Å². The minimum absolute atomic E-state index is 0.00771. The van der Waals surface area contributed by atoms with Gasteiger partial charge in [0.1, 0.15) is 11.5 Å². The maximum atomic E-state index is 13.1. The lowest BCUT2D eigenvalue weighted by Crippen LogP contribution is -2.33. The molecule has 0 spiro atoms. The minimum atomic E-state index is -3.85. The zero-order valence-electron chi connectivity index (χ0n) is 16.2. The van der Waals surface area contributed by atoms with Gasteiger partial charge in [-0.05, 0) is 60.7 Å². The molecule has 1 aromatic heterocycles. The average molecular weight is 449 g/mol. The van der Waals surface area contributed by atoms with E-state index in [4.69, 9.17) is 20.8 Å². The van der Waals surface area contributed by atoms with Gasteiger partial charge in [0.2, 0.25) is 15.9 Å². The molecule has 7 nitrogen and oxygen atoms in total. The highest BCUT2D eigenvalue weighted by Gasteiger charge is 2.26. The van der Waals surface area contributed by atoms with Crippen molar-refractivity contribution in [2.75, 3.05) is 19.0 Å². The molecule has 3 aromatic rings. The smallest absolute Gasteiger partial charge is 0.243 e. The Morgan fingerprint density at radius 2 is 1.80 bits per heavy atom. The lowest BCUT2D eigenvalue weighted by molar-refractivity contribution is -0.116. The van der Waals surface area contributed by atoms with Crippen molar-refractivity contribution in [2.45, 2.75) is 17.9 Å². The molecule has 3 rings (SSSR count). The second-order valence-corrected chi connectivity index (χ2v) is 8.77. The maximum Gasteiger partial charge on any atom is 0.243 e. The summed E-state index contributed by atoms with van der Waals surface area (Å²) < 4.78 is 37.8. The molecule has 1 heterocycles. The topological polar surface area (TPSA) is 88.8 Å². The summed E-state index contributed by atoms with van der Waals surface area (Å²) in [4.78, 5) is 12.5. The van der Waals surface area contributed by atoms with E-state index in [9.17, 15) is 13.2 Å². The number of sulfonamides is 1. The van der Waals surface area contributed by atoms with Crippen LogP contribution in [-0.4, -0.2) is 32.3 Å². The Labute approximate surface area is 180 Å². The van der Waals surface area contributed by atoms with Crippen molar-refractivity contribution < 1.29 is 22.4 Å². The molecule has 0 radical (unpaired) electrons. The third kappa shape index (κ3) is 5.63. The Balaban J connectivity index is 1.72. The van der Waals surface area contributed by atoms with Crippen molar-refractivity contribution in [1.29, 1.82) is 0 Å². The lowest BCUT2D eigenvalue weighted by atomic mass is 10.3. The summed E-state index contributed by atoms with van der Waals surface area (Å²) in [6.45, 7) is -0.0125. The highest BCUT2D eigenvalue weighted by Crippen LogP contribution is 2.21. The first-order chi connectivity index (χ1) is 14.4. The van der Waals surface area contributed by atoms with E-state index < -0.39 is 10.0 Å². The van der Waals surface area contributed by atoms with Gasteiger partial charge in [0, 0.05) is 23.7 Å². The number of furan rings is 1. The molecule has 30 heavy (non-hydrogen) atoms. The SMILES string of the molecule is COc1ccc(NC(=O)CCN(Cc2ccco2)S(=O)(=O)c2ccc(Cl)cc2)cc1. The molecule has 0 aliphatic heterocycles. The fourth-order valence-corrected chi connectivity index (χ4v) is 4.27. The second kappa shape index (κ2) is 9.80. The number of anilines is 1. The van der Waals surface area contributed by atoms with Crippen LogP contribution in [0.3, 0.4) is 0 Å². The molecule has 0 aliphatic carbocycles. The van der Waals surface area contributed by atoms with E-state index in [1.807, 2.05) is 0 Å². The first-order valence-corrected chi connectivity index (χ1v) is 10.9. The first kappa shape index (κ1) is 21.9. The van der Waals surface area contributed by atoms with Gasteiger partial charge in [0.15, 0.2) is 0 Å². The Hall–Kier alpha value is -2.81.